The van der Waals surface area contributed by atoms with Gasteiger partial charge < -0.3 is 5.11 Å². The molecule has 0 saturated carbocycles. The van der Waals surface area contributed by atoms with Gasteiger partial charge in [0.15, 0.2) is 0 Å². The van der Waals surface area contributed by atoms with Crippen LogP contribution in [0.5, 0.6) is 0 Å². The van der Waals surface area contributed by atoms with Crippen LogP contribution in [0.1, 0.15) is 12.5 Å². The summed E-state index contributed by atoms with van der Waals surface area (Å²) < 4.78 is 25.5. The van der Waals surface area contributed by atoms with Gasteiger partial charge in [0.1, 0.15) is 6.04 Å². The fourth-order valence-electron chi connectivity index (χ4n) is 1.98. The Labute approximate surface area is 123 Å². The normalized spacial score (nSPS) is 13.5. The van der Waals surface area contributed by atoms with Crippen LogP contribution in [0.25, 0.3) is 10.9 Å². The third kappa shape index (κ3) is 3.20. The second-order valence-electron chi connectivity index (χ2n) is 4.78. The first-order chi connectivity index (χ1) is 9.83. The minimum atomic E-state index is -3.74. The average Bonchev–Trinajstić information content (AvgIpc) is 2.45. The number of para-hydroxylation sites is 1. The van der Waals surface area contributed by atoms with Gasteiger partial charge in [-0.05, 0) is 18.6 Å². The number of hydrogen-bond donors (Lipinski definition) is 1. The molecule has 0 saturated heterocycles. The summed E-state index contributed by atoms with van der Waals surface area (Å²) in [7, 11) is -2.47. The largest absolute Gasteiger partial charge is 0.480 e. The SMILES string of the molecule is C[C@@H](C(=O)O)N(C)S(=O)(=O)Cc1cccc2cccnc12. The topological polar surface area (TPSA) is 87.6 Å². The van der Waals surface area contributed by atoms with Crippen LogP contribution in [-0.4, -0.2) is 41.9 Å². The zero-order valence-electron chi connectivity index (χ0n) is 11.7. The van der Waals surface area contributed by atoms with Gasteiger partial charge in [-0.25, -0.2) is 8.42 Å². The highest BCUT2D eigenvalue weighted by molar-refractivity contribution is 7.88. The van der Waals surface area contributed by atoms with Crippen LogP contribution in [0, 0.1) is 0 Å². The second kappa shape index (κ2) is 5.79. The Balaban J connectivity index is 2.37. The highest BCUT2D eigenvalue weighted by Gasteiger charge is 2.28. The van der Waals surface area contributed by atoms with E-state index in [1.807, 2.05) is 12.1 Å². The molecule has 0 bridgehead atoms. The summed E-state index contributed by atoms with van der Waals surface area (Å²) >= 11 is 0. The maximum absolute atomic E-state index is 12.3. The molecule has 1 aromatic carbocycles. The molecule has 0 amide bonds. The first-order valence-electron chi connectivity index (χ1n) is 6.34. The molecule has 2 aromatic rings. The van der Waals surface area contributed by atoms with Gasteiger partial charge in [0, 0.05) is 18.6 Å². The monoisotopic (exact) mass is 308 g/mol. The van der Waals surface area contributed by atoms with E-state index >= 15 is 0 Å². The summed E-state index contributed by atoms with van der Waals surface area (Å²) in [4.78, 5) is 15.1. The van der Waals surface area contributed by atoms with Crippen molar-refractivity contribution in [3.05, 3.63) is 42.1 Å². The summed E-state index contributed by atoms with van der Waals surface area (Å²) in [6, 6.07) is 7.81. The predicted molar refractivity (Wildman–Crippen MR) is 79.2 cm³/mol. The molecule has 2 rings (SSSR count). The number of carbonyl (C=O) groups is 1. The number of aromatic nitrogens is 1. The fourth-order valence-corrected chi connectivity index (χ4v) is 3.38. The molecule has 7 heteroatoms. The van der Waals surface area contributed by atoms with E-state index in [0.29, 0.717) is 11.1 Å². The van der Waals surface area contributed by atoms with Crippen LogP contribution in [-0.2, 0) is 20.6 Å². The van der Waals surface area contributed by atoms with Gasteiger partial charge >= 0.3 is 5.97 Å². The molecular weight excluding hydrogens is 292 g/mol. The van der Waals surface area contributed by atoms with Gasteiger partial charge in [0.25, 0.3) is 0 Å². The Morgan fingerprint density at radius 2 is 2.00 bits per heavy atom. The van der Waals surface area contributed by atoms with Gasteiger partial charge in [0.2, 0.25) is 10.0 Å². The Morgan fingerprint density at radius 3 is 2.67 bits per heavy atom. The highest BCUT2D eigenvalue weighted by atomic mass is 32.2. The van der Waals surface area contributed by atoms with E-state index < -0.39 is 22.0 Å². The minimum Gasteiger partial charge on any atom is -0.480 e. The van der Waals surface area contributed by atoms with E-state index in [4.69, 9.17) is 5.11 Å². The number of fused-ring (bicyclic) bond motifs is 1. The van der Waals surface area contributed by atoms with E-state index in [1.54, 1.807) is 24.4 Å². The molecule has 0 fully saturated rings. The predicted octanol–water partition coefficient (Wildman–Crippen LogP) is 1.47. The van der Waals surface area contributed by atoms with E-state index in [1.165, 1.54) is 14.0 Å². The molecule has 1 heterocycles. The van der Waals surface area contributed by atoms with Crippen LogP contribution in [0.15, 0.2) is 36.5 Å². The average molecular weight is 308 g/mol. The molecule has 112 valence electrons. The van der Waals surface area contributed by atoms with Crippen molar-refractivity contribution < 1.29 is 18.3 Å². The number of nitrogens with zero attached hydrogens (tertiary/aromatic N) is 2. The lowest BCUT2D eigenvalue weighted by atomic mass is 10.1. The van der Waals surface area contributed by atoms with Crippen molar-refractivity contribution in [1.82, 2.24) is 9.29 Å². The Kier molecular flexibility index (Phi) is 4.24. The molecule has 1 atom stereocenters. The number of aliphatic carboxylic acids is 1. The summed E-state index contributed by atoms with van der Waals surface area (Å²) in [5, 5.41) is 9.78. The van der Waals surface area contributed by atoms with Gasteiger partial charge in [-0.2, -0.15) is 4.31 Å². The number of pyridine rings is 1. The molecule has 0 aliphatic carbocycles. The van der Waals surface area contributed by atoms with Crippen LogP contribution >= 0.6 is 0 Å². The van der Waals surface area contributed by atoms with Gasteiger partial charge in [-0.1, -0.05) is 24.3 Å². The van der Waals surface area contributed by atoms with Crippen molar-refractivity contribution in [1.29, 1.82) is 0 Å². The molecule has 0 aliphatic heterocycles. The first kappa shape index (κ1) is 15.4. The van der Waals surface area contributed by atoms with Crippen molar-refractivity contribution in [2.45, 2.75) is 18.7 Å². The van der Waals surface area contributed by atoms with Gasteiger partial charge in [-0.3, -0.25) is 9.78 Å². The number of rotatable bonds is 5. The molecule has 0 unspecified atom stereocenters. The van der Waals surface area contributed by atoms with Crippen molar-refractivity contribution in [2.24, 2.45) is 0 Å². The Hall–Kier alpha value is -1.99. The van der Waals surface area contributed by atoms with Crippen LogP contribution in [0.2, 0.25) is 0 Å². The van der Waals surface area contributed by atoms with Gasteiger partial charge in [0.05, 0.1) is 11.3 Å². The number of benzene rings is 1. The van der Waals surface area contributed by atoms with E-state index in [9.17, 15) is 13.2 Å². The maximum Gasteiger partial charge on any atom is 0.321 e. The Bertz CT molecular complexity index is 768. The van der Waals surface area contributed by atoms with Crippen LogP contribution < -0.4 is 0 Å². The van der Waals surface area contributed by atoms with Crippen molar-refractivity contribution in [2.75, 3.05) is 7.05 Å². The summed E-state index contributed by atoms with van der Waals surface area (Å²) in [5.41, 5.74) is 1.16. The number of hydrogen-bond acceptors (Lipinski definition) is 4. The fraction of sp³-hybridized carbons (Fsp3) is 0.286. The van der Waals surface area contributed by atoms with Crippen LogP contribution in [0.3, 0.4) is 0 Å². The molecule has 0 spiro atoms. The summed E-state index contributed by atoms with van der Waals surface area (Å²) in [6.07, 6.45) is 1.60. The van der Waals surface area contributed by atoms with Crippen molar-refractivity contribution >= 4 is 26.9 Å². The molecule has 1 N–H and O–H groups in total. The smallest absolute Gasteiger partial charge is 0.321 e. The molecule has 0 aliphatic rings. The lowest BCUT2D eigenvalue weighted by Crippen LogP contribution is -2.40. The molecular formula is C14H16N2O4S. The van der Waals surface area contributed by atoms with Gasteiger partial charge in [-0.15, -0.1) is 0 Å². The molecule has 0 radical (unpaired) electrons. The zero-order valence-corrected chi connectivity index (χ0v) is 12.5. The third-order valence-electron chi connectivity index (χ3n) is 3.40. The summed E-state index contributed by atoms with van der Waals surface area (Å²) in [6.45, 7) is 1.33. The van der Waals surface area contributed by atoms with Crippen molar-refractivity contribution in [3.8, 4) is 0 Å². The lowest BCUT2D eigenvalue weighted by Gasteiger charge is -2.21. The summed E-state index contributed by atoms with van der Waals surface area (Å²) in [5.74, 6) is -1.47. The lowest BCUT2D eigenvalue weighted by molar-refractivity contribution is -0.140. The number of likely N-dealkylation sites (N-methyl/N-ethyl adjacent to an activating group) is 1. The molecule has 21 heavy (non-hydrogen) atoms. The quantitative estimate of drug-likeness (QED) is 0.903. The molecule has 6 nitrogen and oxygen atoms in total. The maximum atomic E-state index is 12.3. The third-order valence-corrected chi connectivity index (χ3v) is 5.27. The highest BCUT2D eigenvalue weighted by Crippen LogP contribution is 2.20. The van der Waals surface area contributed by atoms with E-state index in [0.717, 1.165) is 9.69 Å². The number of carboxylic acid groups (broad SMARTS) is 1. The van der Waals surface area contributed by atoms with E-state index in [2.05, 4.69) is 4.98 Å². The zero-order chi connectivity index (χ0) is 15.6. The first-order valence-corrected chi connectivity index (χ1v) is 7.95. The minimum absolute atomic E-state index is 0.282. The number of sulfonamides is 1. The standard InChI is InChI=1S/C14H16N2O4S/c1-10(14(17)18)16(2)21(19,20)9-12-6-3-5-11-7-4-8-15-13(11)12/h3-8,10H,9H2,1-2H3,(H,17,18)/t10-/m0/s1. The van der Waals surface area contributed by atoms with E-state index in [-0.39, 0.29) is 5.75 Å². The second-order valence-corrected chi connectivity index (χ2v) is 6.81. The van der Waals surface area contributed by atoms with Crippen LogP contribution in [0.4, 0.5) is 0 Å². The van der Waals surface area contributed by atoms with Crippen molar-refractivity contribution in [3.63, 3.8) is 0 Å². The Morgan fingerprint density at radius 1 is 1.33 bits per heavy atom. The molecule has 1 aromatic heterocycles. The number of carboxylic acids is 1.